The fourth-order valence-corrected chi connectivity index (χ4v) is 5.68. The first-order valence-corrected chi connectivity index (χ1v) is 16.0. The summed E-state index contributed by atoms with van der Waals surface area (Å²) in [7, 11) is 0. The molecule has 7 nitrogen and oxygen atoms in total. The third kappa shape index (κ3) is 9.17. The van der Waals surface area contributed by atoms with Crippen LogP contribution in [-0.4, -0.2) is 39.0 Å². The second-order valence-corrected chi connectivity index (χ2v) is 13.0. The Hall–Kier alpha value is -3.66. The van der Waals surface area contributed by atoms with E-state index in [1.54, 1.807) is 24.3 Å². The lowest BCUT2D eigenvalue weighted by atomic mass is 9.86. The highest BCUT2D eigenvalue weighted by Crippen LogP contribution is 2.33. The molecule has 0 amide bonds. The number of carboxylic acid groups (broad SMARTS) is 1. The smallest absolute Gasteiger partial charge is 0.321 e. The molecule has 0 aliphatic heterocycles. The fourth-order valence-electron chi connectivity index (χ4n) is 4.80. The van der Waals surface area contributed by atoms with Crippen LogP contribution in [0.3, 0.4) is 0 Å². The van der Waals surface area contributed by atoms with Crippen LogP contribution >= 0.6 is 11.3 Å². The van der Waals surface area contributed by atoms with E-state index in [0.717, 1.165) is 23.3 Å². The molecular formula is C35H42FN3O4S. The third-order valence-corrected chi connectivity index (χ3v) is 8.50. The molecule has 0 saturated carbocycles. The maximum Gasteiger partial charge on any atom is 0.321 e. The number of benzene rings is 3. The van der Waals surface area contributed by atoms with Gasteiger partial charge in [0.2, 0.25) is 0 Å². The number of rotatable bonds is 15. The normalized spacial score (nSPS) is 13.0. The number of halogens is 1. The summed E-state index contributed by atoms with van der Waals surface area (Å²) in [6.45, 7) is 9.17. The molecule has 2 atom stereocenters. The van der Waals surface area contributed by atoms with Crippen LogP contribution in [0.5, 0.6) is 5.75 Å². The molecule has 1 heterocycles. The Morgan fingerprint density at radius 3 is 2.27 bits per heavy atom. The van der Waals surface area contributed by atoms with Gasteiger partial charge in [0.15, 0.2) is 5.01 Å². The number of aliphatic hydroxyl groups excluding tert-OH is 1. The van der Waals surface area contributed by atoms with E-state index in [9.17, 15) is 15.0 Å². The van der Waals surface area contributed by atoms with Crippen LogP contribution in [0, 0.1) is 5.82 Å². The maximum absolute atomic E-state index is 15.2. The number of carbonyl (C=O) groups is 1. The second kappa shape index (κ2) is 15.4. The number of nitrogens with one attached hydrogen (secondary N) is 1. The molecule has 0 spiro atoms. The van der Waals surface area contributed by atoms with Crippen molar-refractivity contribution in [2.24, 2.45) is 0 Å². The van der Waals surface area contributed by atoms with E-state index >= 15 is 4.39 Å². The van der Waals surface area contributed by atoms with Crippen LogP contribution in [-0.2, 0) is 16.6 Å². The van der Waals surface area contributed by atoms with E-state index in [1.807, 2.05) is 36.4 Å². The number of hydrogen-bond acceptors (Lipinski definition) is 7. The minimum absolute atomic E-state index is 0.0157. The van der Waals surface area contributed by atoms with E-state index < -0.39 is 24.1 Å². The van der Waals surface area contributed by atoms with Crippen molar-refractivity contribution in [3.63, 3.8) is 0 Å². The van der Waals surface area contributed by atoms with Gasteiger partial charge in [-0.2, -0.15) is 0 Å². The van der Waals surface area contributed by atoms with Crippen LogP contribution < -0.4 is 10.1 Å². The van der Waals surface area contributed by atoms with E-state index in [1.165, 1.54) is 43.1 Å². The average molecular weight is 620 g/mol. The number of carboxylic acids is 1. The summed E-state index contributed by atoms with van der Waals surface area (Å²) in [5, 5.41) is 32.8. The molecule has 4 rings (SSSR count). The number of nitrogens with zero attached hydrogens (tertiary/aromatic N) is 2. The van der Waals surface area contributed by atoms with Gasteiger partial charge in [-0.3, -0.25) is 10.1 Å². The molecule has 3 aromatic carbocycles. The number of hydrogen-bond donors (Lipinski definition) is 3. The number of aliphatic hydroxyl groups is 1. The Labute approximate surface area is 263 Å². The first kappa shape index (κ1) is 33.2. The zero-order valence-electron chi connectivity index (χ0n) is 25.8. The topological polar surface area (TPSA) is 105 Å². The number of ether oxygens (including phenoxy) is 1. The van der Waals surface area contributed by atoms with Crippen molar-refractivity contribution in [3.8, 4) is 26.9 Å². The van der Waals surface area contributed by atoms with Crippen molar-refractivity contribution >= 4 is 17.3 Å². The Balaban J connectivity index is 1.37. The highest BCUT2D eigenvalue weighted by molar-refractivity contribution is 7.17. The predicted molar refractivity (Wildman–Crippen MR) is 173 cm³/mol. The van der Waals surface area contributed by atoms with Gasteiger partial charge in [-0.1, -0.05) is 95.0 Å². The molecular weight excluding hydrogens is 577 g/mol. The van der Waals surface area contributed by atoms with Crippen LogP contribution in [0.15, 0.2) is 66.7 Å². The molecule has 0 fully saturated rings. The summed E-state index contributed by atoms with van der Waals surface area (Å²) in [6.07, 6.45) is 4.72. The molecule has 3 N–H and O–H groups in total. The highest BCUT2D eigenvalue weighted by atomic mass is 32.1. The van der Waals surface area contributed by atoms with Crippen molar-refractivity contribution in [2.45, 2.75) is 83.9 Å². The molecule has 44 heavy (non-hydrogen) atoms. The molecule has 0 aliphatic rings. The molecule has 0 radical (unpaired) electrons. The van der Waals surface area contributed by atoms with E-state index in [2.05, 4.69) is 43.2 Å². The predicted octanol–water partition coefficient (Wildman–Crippen LogP) is 7.93. The largest absolute Gasteiger partial charge is 0.494 e. The van der Waals surface area contributed by atoms with Gasteiger partial charge in [-0.05, 0) is 71.3 Å². The molecule has 0 bridgehead atoms. The Kier molecular flexibility index (Phi) is 11.6. The Morgan fingerprint density at radius 1 is 0.955 bits per heavy atom. The quantitative estimate of drug-likeness (QED) is 0.0917. The lowest BCUT2D eigenvalue weighted by Gasteiger charge is -2.22. The minimum atomic E-state index is -1.19. The van der Waals surface area contributed by atoms with E-state index in [-0.39, 0.29) is 11.8 Å². The average Bonchev–Trinajstić information content (AvgIpc) is 3.48. The zero-order chi connectivity index (χ0) is 31.7. The second-order valence-electron chi connectivity index (χ2n) is 12.0. The van der Waals surface area contributed by atoms with Gasteiger partial charge in [-0.15, -0.1) is 10.2 Å². The van der Waals surface area contributed by atoms with Crippen molar-refractivity contribution in [3.05, 3.63) is 89.2 Å². The summed E-state index contributed by atoms with van der Waals surface area (Å²) < 4.78 is 21.1. The van der Waals surface area contributed by atoms with Gasteiger partial charge in [0, 0.05) is 11.1 Å². The molecule has 1 unspecified atom stereocenters. The number of aromatic nitrogens is 2. The first-order chi connectivity index (χ1) is 21.0. The molecule has 0 saturated heterocycles. The zero-order valence-corrected chi connectivity index (χ0v) is 26.7. The summed E-state index contributed by atoms with van der Waals surface area (Å²) in [5.74, 6) is -0.858. The third-order valence-electron chi connectivity index (χ3n) is 7.50. The van der Waals surface area contributed by atoms with Crippen LogP contribution in [0.2, 0.25) is 0 Å². The van der Waals surface area contributed by atoms with Crippen LogP contribution in [0.25, 0.3) is 21.1 Å². The molecule has 4 aromatic rings. The highest BCUT2D eigenvalue weighted by Gasteiger charge is 2.23. The van der Waals surface area contributed by atoms with Crippen molar-refractivity contribution in [1.82, 2.24) is 15.5 Å². The molecule has 0 aliphatic carbocycles. The maximum atomic E-state index is 15.2. The van der Waals surface area contributed by atoms with E-state index in [4.69, 9.17) is 4.74 Å². The van der Waals surface area contributed by atoms with Gasteiger partial charge >= 0.3 is 5.97 Å². The van der Waals surface area contributed by atoms with E-state index in [0.29, 0.717) is 33.3 Å². The number of unbranched alkanes of at least 4 members (excludes halogenated alkanes) is 4. The van der Waals surface area contributed by atoms with Gasteiger partial charge in [0.25, 0.3) is 0 Å². The summed E-state index contributed by atoms with van der Waals surface area (Å²) >= 11 is 1.28. The summed E-state index contributed by atoms with van der Waals surface area (Å²) in [5.41, 5.74) is 3.25. The SMILES string of the molecule is CCCCCCCOc1ccc(-c2nnc(-c3ccc(C[C@H](NC(O)c4ccc(C(C)(C)C)cc4)C(=O)O)cc3F)s2)cc1. The van der Waals surface area contributed by atoms with Gasteiger partial charge < -0.3 is 14.9 Å². The van der Waals surface area contributed by atoms with Crippen LogP contribution in [0.4, 0.5) is 4.39 Å². The van der Waals surface area contributed by atoms with Gasteiger partial charge in [-0.25, -0.2) is 4.39 Å². The van der Waals surface area contributed by atoms with Crippen molar-refractivity contribution in [2.75, 3.05) is 6.61 Å². The monoisotopic (exact) mass is 619 g/mol. The Bertz CT molecular complexity index is 1500. The molecule has 234 valence electrons. The van der Waals surface area contributed by atoms with Gasteiger partial charge in [0.1, 0.15) is 28.8 Å². The van der Waals surface area contributed by atoms with Crippen molar-refractivity contribution < 1.29 is 24.1 Å². The standard InChI is InChI=1S/C35H42FN3O4S/c1-5-6-7-8-9-20-43-27-17-13-25(14-18-27)32-38-39-33(44-32)28-19-10-23(21-29(28)36)22-30(34(41)42)37-31(40)24-11-15-26(16-12-24)35(2,3)4/h10-19,21,30-31,37,40H,5-9,20,22H2,1-4H3,(H,41,42)/t30-,31?/m0/s1. The fraction of sp³-hybridized carbons (Fsp3) is 0.400. The summed E-state index contributed by atoms with van der Waals surface area (Å²) in [6, 6.07) is 18.5. The number of aliphatic carboxylic acids is 1. The lowest BCUT2D eigenvalue weighted by molar-refractivity contribution is -0.140. The molecule has 9 heteroatoms. The lowest BCUT2D eigenvalue weighted by Crippen LogP contribution is -2.40. The van der Waals surface area contributed by atoms with Gasteiger partial charge in [0.05, 0.1) is 6.61 Å². The summed E-state index contributed by atoms with van der Waals surface area (Å²) in [4.78, 5) is 12.0. The Morgan fingerprint density at radius 2 is 1.64 bits per heavy atom. The van der Waals surface area contributed by atoms with Crippen molar-refractivity contribution in [1.29, 1.82) is 0 Å². The first-order valence-electron chi connectivity index (χ1n) is 15.2. The minimum Gasteiger partial charge on any atom is -0.494 e. The molecule has 1 aromatic heterocycles. The van der Waals surface area contributed by atoms with Crippen LogP contribution in [0.1, 0.15) is 82.7 Å².